The van der Waals surface area contributed by atoms with E-state index in [1.807, 2.05) is 12.2 Å². The van der Waals surface area contributed by atoms with E-state index in [4.69, 9.17) is 11.6 Å². The van der Waals surface area contributed by atoms with Crippen LogP contribution in [-0.4, -0.2) is 11.8 Å². The van der Waals surface area contributed by atoms with Crippen LogP contribution in [0.4, 0.5) is 0 Å². The number of rotatable bonds is 3. The maximum absolute atomic E-state index is 10.3. The van der Waals surface area contributed by atoms with E-state index < -0.39 is 0 Å². The summed E-state index contributed by atoms with van der Waals surface area (Å²) in [4.78, 5) is 10.3. The van der Waals surface area contributed by atoms with E-state index in [2.05, 4.69) is 11.4 Å². The molecule has 0 amide bonds. The minimum atomic E-state index is -0.347. The third-order valence-corrected chi connectivity index (χ3v) is 1.60. The molecule has 0 aromatic heterocycles. The Morgan fingerprint density at radius 2 is 2.42 bits per heavy atom. The number of halogens is 2. The molecule has 0 radical (unpaired) electrons. The standard InChI is InChI=1S/C8H10ClNO.ClH/c9-8(11)6-10-7-4-2-1-3-5-7;/h1-2,4,10H,3,5-6H2;1H. The molecule has 12 heavy (non-hydrogen) atoms. The second-order valence-corrected chi connectivity index (χ2v) is 2.79. The lowest BCUT2D eigenvalue weighted by Gasteiger charge is -2.09. The largest absolute Gasteiger partial charge is 0.380 e. The normalized spacial score (nSPS) is 14.6. The summed E-state index contributed by atoms with van der Waals surface area (Å²) in [6.45, 7) is 0.223. The molecule has 0 heterocycles. The first-order valence-corrected chi connectivity index (χ1v) is 3.95. The molecule has 0 saturated carbocycles. The van der Waals surface area contributed by atoms with Crippen LogP contribution in [0.3, 0.4) is 0 Å². The van der Waals surface area contributed by atoms with Crippen LogP contribution in [0.2, 0.25) is 0 Å². The fourth-order valence-electron chi connectivity index (χ4n) is 0.933. The predicted octanol–water partition coefficient (Wildman–Crippen LogP) is 2.00. The summed E-state index contributed by atoms with van der Waals surface area (Å²) in [7, 11) is 0. The molecule has 0 saturated heterocycles. The van der Waals surface area contributed by atoms with Crippen LogP contribution in [0, 0.1) is 0 Å². The van der Waals surface area contributed by atoms with Gasteiger partial charge in [-0.3, -0.25) is 4.79 Å². The molecule has 0 fully saturated rings. The predicted molar refractivity (Wildman–Crippen MR) is 52.6 cm³/mol. The van der Waals surface area contributed by atoms with Gasteiger partial charge in [0.1, 0.15) is 0 Å². The molecule has 0 spiro atoms. The minimum absolute atomic E-state index is 0. The Labute approximate surface area is 83.1 Å². The van der Waals surface area contributed by atoms with Gasteiger partial charge in [0.05, 0.1) is 6.54 Å². The van der Waals surface area contributed by atoms with Crippen LogP contribution in [0.15, 0.2) is 23.9 Å². The van der Waals surface area contributed by atoms with Gasteiger partial charge in [0.2, 0.25) is 5.24 Å². The summed E-state index contributed by atoms with van der Waals surface area (Å²) in [5.41, 5.74) is 1.08. The maximum atomic E-state index is 10.3. The average Bonchev–Trinajstić information content (AvgIpc) is 2.03. The molecule has 4 heteroatoms. The highest BCUT2D eigenvalue weighted by molar-refractivity contribution is 6.64. The third kappa shape index (κ3) is 4.42. The van der Waals surface area contributed by atoms with Gasteiger partial charge in [-0.1, -0.05) is 12.2 Å². The quantitative estimate of drug-likeness (QED) is 0.718. The van der Waals surface area contributed by atoms with Crippen LogP contribution in [0.1, 0.15) is 12.8 Å². The van der Waals surface area contributed by atoms with Crippen molar-refractivity contribution < 1.29 is 4.79 Å². The lowest BCUT2D eigenvalue weighted by Crippen LogP contribution is -2.19. The van der Waals surface area contributed by atoms with Crippen molar-refractivity contribution >= 4 is 29.3 Å². The number of carbonyl (C=O) groups excluding carboxylic acids is 1. The van der Waals surface area contributed by atoms with E-state index in [1.165, 1.54) is 0 Å². The molecule has 1 N–H and O–H groups in total. The lowest BCUT2D eigenvalue weighted by molar-refractivity contribution is -0.110. The highest BCUT2D eigenvalue weighted by Gasteiger charge is 2.00. The molecular formula is C8H11Cl2NO. The molecule has 1 aliphatic rings. The summed E-state index contributed by atoms with van der Waals surface area (Å²) >= 11 is 5.15. The summed E-state index contributed by atoms with van der Waals surface area (Å²) in [5.74, 6) is 0. The van der Waals surface area contributed by atoms with Gasteiger partial charge in [-0.05, 0) is 30.5 Å². The molecule has 1 aliphatic carbocycles. The van der Waals surface area contributed by atoms with Gasteiger partial charge in [-0.25, -0.2) is 0 Å². The number of hydrogen-bond donors (Lipinski definition) is 1. The molecular weight excluding hydrogens is 197 g/mol. The zero-order valence-corrected chi connectivity index (χ0v) is 8.12. The van der Waals surface area contributed by atoms with Gasteiger partial charge in [-0.15, -0.1) is 12.4 Å². The van der Waals surface area contributed by atoms with Crippen molar-refractivity contribution in [1.82, 2.24) is 5.32 Å². The van der Waals surface area contributed by atoms with Crippen LogP contribution >= 0.6 is 24.0 Å². The zero-order chi connectivity index (χ0) is 8.10. The van der Waals surface area contributed by atoms with Crippen molar-refractivity contribution in [3.05, 3.63) is 23.9 Å². The van der Waals surface area contributed by atoms with Crippen molar-refractivity contribution in [3.63, 3.8) is 0 Å². The van der Waals surface area contributed by atoms with Gasteiger partial charge in [0, 0.05) is 5.70 Å². The van der Waals surface area contributed by atoms with E-state index in [1.54, 1.807) is 0 Å². The van der Waals surface area contributed by atoms with E-state index in [0.717, 1.165) is 18.5 Å². The van der Waals surface area contributed by atoms with Crippen LogP contribution < -0.4 is 5.32 Å². The molecule has 0 aromatic rings. The lowest BCUT2D eigenvalue weighted by atomic mass is 10.1. The smallest absolute Gasteiger partial charge is 0.240 e. The molecule has 0 atom stereocenters. The fraction of sp³-hybridized carbons (Fsp3) is 0.375. The topological polar surface area (TPSA) is 29.1 Å². The molecule has 0 unspecified atom stereocenters. The summed E-state index contributed by atoms with van der Waals surface area (Å²) < 4.78 is 0. The first-order chi connectivity index (χ1) is 5.29. The van der Waals surface area contributed by atoms with Crippen LogP contribution in [0.5, 0.6) is 0 Å². The third-order valence-electron chi connectivity index (χ3n) is 1.47. The highest BCUT2D eigenvalue weighted by atomic mass is 35.5. The number of carbonyl (C=O) groups is 1. The average molecular weight is 208 g/mol. The van der Waals surface area contributed by atoms with E-state index >= 15 is 0 Å². The van der Waals surface area contributed by atoms with Gasteiger partial charge >= 0.3 is 0 Å². The zero-order valence-electron chi connectivity index (χ0n) is 6.55. The highest BCUT2D eigenvalue weighted by Crippen LogP contribution is 2.07. The maximum Gasteiger partial charge on any atom is 0.240 e. The first kappa shape index (κ1) is 11.5. The Balaban J connectivity index is 0.00000121. The van der Waals surface area contributed by atoms with Crippen molar-refractivity contribution in [3.8, 4) is 0 Å². The molecule has 2 nitrogen and oxygen atoms in total. The van der Waals surface area contributed by atoms with Crippen molar-refractivity contribution in [1.29, 1.82) is 0 Å². The Morgan fingerprint density at radius 1 is 1.67 bits per heavy atom. The first-order valence-electron chi connectivity index (χ1n) is 3.57. The summed E-state index contributed by atoms with van der Waals surface area (Å²) in [6.07, 6.45) is 8.04. The Morgan fingerprint density at radius 3 is 2.92 bits per heavy atom. The second-order valence-electron chi connectivity index (χ2n) is 2.37. The van der Waals surface area contributed by atoms with Crippen molar-refractivity contribution in [2.75, 3.05) is 6.54 Å². The van der Waals surface area contributed by atoms with E-state index in [0.29, 0.717) is 0 Å². The van der Waals surface area contributed by atoms with Gasteiger partial charge in [-0.2, -0.15) is 0 Å². The summed E-state index contributed by atoms with van der Waals surface area (Å²) in [6, 6.07) is 0. The van der Waals surface area contributed by atoms with Crippen LogP contribution in [-0.2, 0) is 4.79 Å². The second kappa shape index (κ2) is 6.09. The van der Waals surface area contributed by atoms with Crippen LogP contribution in [0.25, 0.3) is 0 Å². The molecule has 0 aromatic carbocycles. The summed E-state index contributed by atoms with van der Waals surface area (Å²) in [5, 5.41) is 2.60. The van der Waals surface area contributed by atoms with E-state index in [-0.39, 0.29) is 24.2 Å². The number of hydrogen-bond acceptors (Lipinski definition) is 2. The molecule has 68 valence electrons. The van der Waals surface area contributed by atoms with Gasteiger partial charge < -0.3 is 5.32 Å². The Kier molecular flexibility index (Phi) is 5.85. The molecule has 0 aliphatic heterocycles. The minimum Gasteiger partial charge on any atom is -0.380 e. The van der Waals surface area contributed by atoms with E-state index in [9.17, 15) is 4.79 Å². The Hall–Kier alpha value is -0.470. The molecule has 1 rings (SSSR count). The van der Waals surface area contributed by atoms with Gasteiger partial charge in [0.25, 0.3) is 0 Å². The Bertz CT molecular complexity index is 211. The molecule has 0 bridgehead atoms. The number of nitrogens with one attached hydrogen (secondary N) is 1. The SMILES string of the molecule is Cl.O=C(Cl)CNC1=CC=CCC1. The van der Waals surface area contributed by atoms with Crippen molar-refractivity contribution in [2.45, 2.75) is 12.8 Å². The fourth-order valence-corrected chi connectivity index (χ4v) is 1.000. The number of allylic oxidation sites excluding steroid dienone is 4. The monoisotopic (exact) mass is 207 g/mol. The van der Waals surface area contributed by atoms with Gasteiger partial charge in [0.15, 0.2) is 0 Å². The van der Waals surface area contributed by atoms with Crippen molar-refractivity contribution in [2.24, 2.45) is 0 Å².